The molecular formula is C19H22ClFN2. The quantitative estimate of drug-likeness (QED) is 0.921. The first-order valence-electron chi connectivity index (χ1n) is 8.05. The monoisotopic (exact) mass is 332 g/mol. The van der Waals surface area contributed by atoms with Gasteiger partial charge in [-0.1, -0.05) is 35.9 Å². The topological polar surface area (TPSA) is 29.3 Å². The van der Waals surface area contributed by atoms with E-state index in [2.05, 4.69) is 11.0 Å². The number of nitrogens with zero attached hydrogens (tertiary/aromatic N) is 1. The number of benzene rings is 2. The molecule has 2 N–H and O–H groups in total. The summed E-state index contributed by atoms with van der Waals surface area (Å²) in [5.74, 6) is 0.324. The second-order valence-electron chi connectivity index (χ2n) is 6.52. The van der Waals surface area contributed by atoms with Gasteiger partial charge in [0.05, 0.1) is 0 Å². The van der Waals surface area contributed by atoms with Crippen LogP contribution in [0.1, 0.15) is 17.5 Å². The first-order chi connectivity index (χ1) is 11.1. The zero-order valence-electron chi connectivity index (χ0n) is 13.1. The molecule has 1 saturated heterocycles. The lowest BCUT2D eigenvalue weighted by Gasteiger charge is -2.36. The van der Waals surface area contributed by atoms with Crippen LogP contribution in [0.3, 0.4) is 0 Å². The van der Waals surface area contributed by atoms with Crippen molar-refractivity contribution in [2.45, 2.75) is 25.4 Å². The highest BCUT2D eigenvalue weighted by atomic mass is 35.5. The van der Waals surface area contributed by atoms with Crippen LogP contribution in [0, 0.1) is 11.7 Å². The molecule has 2 aromatic rings. The van der Waals surface area contributed by atoms with Crippen molar-refractivity contribution >= 4 is 11.6 Å². The fourth-order valence-electron chi connectivity index (χ4n) is 3.52. The second-order valence-corrected chi connectivity index (χ2v) is 6.96. The molecule has 1 fully saturated rings. The number of rotatable bonds is 4. The van der Waals surface area contributed by atoms with Crippen molar-refractivity contribution in [1.29, 1.82) is 0 Å². The van der Waals surface area contributed by atoms with Gasteiger partial charge in [-0.25, -0.2) is 4.39 Å². The Morgan fingerprint density at radius 3 is 2.65 bits per heavy atom. The van der Waals surface area contributed by atoms with Gasteiger partial charge in [-0.3, -0.25) is 4.90 Å². The fourth-order valence-corrected chi connectivity index (χ4v) is 3.73. The SMILES string of the molecule is NC1CC(Cc2cccc(Cl)c2)CN(Cc2cccc(F)c2)C1. The van der Waals surface area contributed by atoms with Gasteiger partial charge in [0.1, 0.15) is 5.82 Å². The third-order valence-corrected chi connectivity index (χ3v) is 4.59. The van der Waals surface area contributed by atoms with Crippen LogP contribution in [0.5, 0.6) is 0 Å². The molecule has 0 saturated carbocycles. The average molecular weight is 333 g/mol. The number of hydrogen-bond acceptors (Lipinski definition) is 2. The Morgan fingerprint density at radius 2 is 1.87 bits per heavy atom. The molecule has 4 heteroatoms. The predicted molar refractivity (Wildman–Crippen MR) is 92.9 cm³/mol. The number of halogens is 2. The van der Waals surface area contributed by atoms with Crippen molar-refractivity contribution < 1.29 is 4.39 Å². The largest absolute Gasteiger partial charge is 0.327 e. The molecule has 0 spiro atoms. The maximum atomic E-state index is 13.3. The van der Waals surface area contributed by atoms with E-state index in [1.54, 1.807) is 12.1 Å². The summed E-state index contributed by atoms with van der Waals surface area (Å²) >= 11 is 6.07. The third-order valence-electron chi connectivity index (χ3n) is 4.35. The zero-order valence-corrected chi connectivity index (χ0v) is 13.8. The number of nitrogens with two attached hydrogens (primary N) is 1. The van der Waals surface area contributed by atoms with Gasteiger partial charge in [0, 0.05) is 30.7 Å². The Hall–Kier alpha value is -1.42. The van der Waals surface area contributed by atoms with Crippen molar-refractivity contribution in [1.82, 2.24) is 4.90 Å². The summed E-state index contributed by atoms with van der Waals surface area (Å²) in [7, 11) is 0. The maximum absolute atomic E-state index is 13.3. The van der Waals surface area contributed by atoms with Gasteiger partial charge < -0.3 is 5.73 Å². The van der Waals surface area contributed by atoms with E-state index < -0.39 is 0 Å². The minimum absolute atomic E-state index is 0.168. The summed E-state index contributed by atoms with van der Waals surface area (Å²) in [6.07, 6.45) is 2.00. The molecule has 0 aromatic heterocycles. The minimum Gasteiger partial charge on any atom is -0.327 e. The molecule has 2 atom stereocenters. The lowest BCUT2D eigenvalue weighted by atomic mass is 9.89. The van der Waals surface area contributed by atoms with Gasteiger partial charge in [-0.05, 0) is 54.2 Å². The zero-order chi connectivity index (χ0) is 16.2. The van der Waals surface area contributed by atoms with E-state index in [1.807, 2.05) is 24.3 Å². The number of piperidine rings is 1. The van der Waals surface area contributed by atoms with E-state index in [-0.39, 0.29) is 11.9 Å². The van der Waals surface area contributed by atoms with Crippen LogP contribution >= 0.6 is 11.6 Å². The summed E-state index contributed by atoms with van der Waals surface area (Å²) in [6.45, 7) is 2.59. The predicted octanol–water partition coefficient (Wildman–Crippen LogP) is 3.87. The van der Waals surface area contributed by atoms with Crippen LogP contribution in [-0.4, -0.2) is 24.0 Å². The van der Waals surface area contributed by atoms with E-state index in [9.17, 15) is 4.39 Å². The Kier molecular flexibility index (Phi) is 5.31. The molecule has 3 rings (SSSR count). The van der Waals surface area contributed by atoms with Crippen molar-refractivity contribution in [2.75, 3.05) is 13.1 Å². The molecule has 122 valence electrons. The first kappa shape index (κ1) is 16.4. The van der Waals surface area contributed by atoms with Crippen molar-refractivity contribution in [2.24, 2.45) is 11.7 Å². The van der Waals surface area contributed by atoms with Gasteiger partial charge in [0.15, 0.2) is 0 Å². The Bertz CT molecular complexity index is 606. The van der Waals surface area contributed by atoms with Gasteiger partial charge in [0.2, 0.25) is 0 Å². The van der Waals surface area contributed by atoms with Crippen molar-refractivity contribution in [3.05, 3.63) is 70.5 Å². The highest BCUT2D eigenvalue weighted by molar-refractivity contribution is 6.30. The van der Waals surface area contributed by atoms with E-state index in [4.69, 9.17) is 17.3 Å². The second kappa shape index (κ2) is 7.43. The van der Waals surface area contributed by atoms with Gasteiger partial charge in [-0.2, -0.15) is 0 Å². The van der Waals surface area contributed by atoms with Crippen LogP contribution in [0.15, 0.2) is 48.5 Å². The highest BCUT2D eigenvalue weighted by Crippen LogP contribution is 2.23. The van der Waals surface area contributed by atoms with Crippen LogP contribution in [0.25, 0.3) is 0 Å². The summed E-state index contributed by atoms with van der Waals surface area (Å²) in [5.41, 5.74) is 8.49. The van der Waals surface area contributed by atoms with E-state index in [0.29, 0.717) is 5.92 Å². The number of likely N-dealkylation sites (tertiary alicyclic amines) is 1. The molecule has 2 nitrogen and oxygen atoms in total. The number of hydrogen-bond donors (Lipinski definition) is 1. The molecule has 1 heterocycles. The summed E-state index contributed by atoms with van der Waals surface area (Å²) in [4.78, 5) is 2.33. The molecule has 0 radical (unpaired) electrons. The summed E-state index contributed by atoms with van der Waals surface area (Å²) in [5, 5.41) is 0.777. The first-order valence-corrected chi connectivity index (χ1v) is 8.43. The van der Waals surface area contributed by atoms with Gasteiger partial charge in [-0.15, -0.1) is 0 Å². The Morgan fingerprint density at radius 1 is 1.09 bits per heavy atom. The highest BCUT2D eigenvalue weighted by Gasteiger charge is 2.25. The van der Waals surface area contributed by atoms with Gasteiger partial charge in [0.25, 0.3) is 0 Å². The summed E-state index contributed by atoms with van der Waals surface area (Å²) in [6, 6.07) is 15.0. The Balaban J connectivity index is 1.64. The molecule has 2 aromatic carbocycles. The Labute approximate surface area is 142 Å². The third kappa shape index (κ3) is 4.77. The fraction of sp³-hybridized carbons (Fsp3) is 0.368. The van der Waals surface area contributed by atoms with Crippen molar-refractivity contribution in [3.8, 4) is 0 Å². The van der Waals surface area contributed by atoms with Crippen molar-refractivity contribution in [3.63, 3.8) is 0 Å². The lowest BCUT2D eigenvalue weighted by molar-refractivity contribution is 0.149. The minimum atomic E-state index is -0.181. The smallest absolute Gasteiger partial charge is 0.123 e. The molecule has 0 amide bonds. The van der Waals surface area contributed by atoms with E-state index in [0.717, 1.165) is 43.1 Å². The molecule has 0 aliphatic carbocycles. The molecule has 1 aliphatic heterocycles. The van der Waals surface area contributed by atoms with E-state index >= 15 is 0 Å². The lowest BCUT2D eigenvalue weighted by Crippen LogP contribution is -2.47. The summed E-state index contributed by atoms with van der Waals surface area (Å²) < 4.78 is 13.3. The van der Waals surface area contributed by atoms with E-state index in [1.165, 1.54) is 11.6 Å². The molecular weight excluding hydrogens is 311 g/mol. The molecule has 23 heavy (non-hydrogen) atoms. The van der Waals surface area contributed by atoms with Crippen LogP contribution in [-0.2, 0) is 13.0 Å². The maximum Gasteiger partial charge on any atom is 0.123 e. The van der Waals surface area contributed by atoms with Gasteiger partial charge >= 0.3 is 0 Å². The molecule has 0 bridgehead atoms. The standard InChI is InChI=1S/C19H22ClFN2/c20-17-5-1-3-14(8-17)7-16-10-19(22)13-23(12-16)11-15-4-2-6-18(21)9-15/h1-6,8-9,16,19H,7,10-13,22H2. The molecule has 2 unspecified atom stereocenters. The van der Waals surface area contributed by atoms with Crippen LogP contribution in [0.2, 0.25) is 5.02 Å². The molecule has 1 aliphatic rings. The van der Waals surface area contributed by atoms with Crippen LogP contribution < -0.4 is 5.73 Å². The normalized spacial score (nSPS) is 22.2. The average Bonchev–Trinajstić information content (AvgIpc) is 2.46. The van der Waals surface area contributed by atoms with Crippen LogP contribution in [0.4, 0.5) is 4.39 Å².